The second-order valence-corrected chi connectivity index (χ2v) is 6.30. The third-order valence-electron chi connectivity index (χ3n) is 4.69. The minimum atomic E-state index is -0.189. The van der Waals surface area contributed by atoms with Crippen molar-refractivity contribution in [1.29, 1.82) is 0 Å². The van der Waals surface area contributed by atoms with Crippen molar-refractivity contribution in [2.75, 3.05) is 18.0 Å². The van der Waals surface area contributed by atoms with Crippen LogP contribution in [0.2, 0.25) is 0 Å². The van der Waals surface area contributed by atoms with Gasteiger partial charge < -0.3 is 10.0 Å². The van der Waals surface area contributed by atoms with Crippen molar-refractivity contribution in [1.82, 2.24) is 4.98 Å². The van der Waals surface area contributed by atoms with Crippen LogP contribution in [-0.2, 0) is 0 Å². The highest BCUT2D eigenvalue weighted by molar-refractivity contribution is 5.87. The number of nitrogens with zero attached hydrogens (tertiary/aromatic N) is 2. The highest BCUT2D eigenvalue weighted by Crippen LogP contribution is 2.28. The first kappa shape index (κ1) is 14.2. The maximum atomic E-state index is 9.67. The van der Waals surface area contributed by atoms with Gasteiger partial charge in [0.2, 0.25) is 0 Å². The fourth-order valence-electron chi connectivity index (χ4n) is 3.30. The molecule has 0 saturated carbocycles. The maximum Gasteiger partial charge on any atom is 0.0731 e. The molecule has 3 nitrogen and oxygen atoms in total. The Morgan fingerprint density at radius 1 is 1.04 bits per heavy atom. The van der Waals surface area contributed by atoms with E-state index in [9.17, 15) is 5.11 Å². The fourth-order valence-corrected chi connectivity index (χ4v) is 3.30. The molecule has 3 heteroatoms. The molecule has 1 aromatic heterocycles. The van der Waals surface area contributed by atoms with Crippen LogP contribution in [0.3, 0.4) is 0 Å². The molecule has 4 rings (SSSR count). The van der Waals surface area contributed by atoms with Gasteiger partial charge in [0.1, 0.15) is 0 Å². The number of hydrogen-bond acceptors (Lipinski definition) is 3. The molecule has 0 bridgehead atoms. The first-order valence-electron chi connectivity index (χ1n) is 8.09. The van der Waals surface area contributed by atoms with E-state index < -0.39 is 0 Å². The van der Waals surface area contributed by atoms with E-state index in [-0.39, 0.29) is 6.10 Å². The smallest absolute Gasteiger partial charge is 0.0731 e. The van der Waals surface area contributed by atoms with E-state index in [1.807, 2.05) is 12.3 Å². The van der Waals surface area contributed by atoms with Gasteiger partial charge in [-0.3, -0.25) is 4.98 Å². The van der Waals surface area contributed by atoms with Crippen molar-refractivity contribution in [2.24, 2.45) is 0 Å². The largest absolute Gasteiger partial charge is 0.391 e. The van der Waals surface area contributed by atoms with E-state index in [1.54, 1.807) is 0 Å². The zero-order valence-corrected chi connectivity index (χ0v) is 13.2. The molecule has 1 fully saturated rings. The number of rotatable bonds is 2. The van der Waals surface area contributed by atoms with Gasteiger partial charge in [0.25, 0.3) is 0 Å². The SMILES string of the molecule is Cc1ccnc2ccc(-c3ccc(N4CCC(O)C4)cc3)cc12. The zero-order chi connectivity index (χ0) is 15.8. The molecular weight excluding hydrogens is 284 g/mol. The lowest BCUT2D eigenvalue weighted by Crippen LogP contribution is -2.20. The summed E-state index contributed by atoms with van der Waals surface area (Å²) in [4.78, 5) is 6.66. The number of pyridine rings is 1. The highest BCUT2D eigenvalue weighted by atomic mass is 16.3. The van der Waals surface area contributed by atoms with Crippen LogP contribution in [0.25, 0.3) is 22.0 Å². The molecule has 0 spiro atoms. The van der Waals surface area contributed by atoms with Gasteiger partial charge >= 0.3 is 0 Å². The highest BCUT2D eigenvalue weighted by Gasteiger charge is 2.20. The number of aliphatic hydroxyl groups excluding tert-OH is 1. The van der Waals surface area contributed by atoms with Crippen LogP contribution >= 0.6 is 0 Å². The van der Waals surface area contributed by atoms with Crippen molar-refractivity contribution < 1.29 is 5.11 Å². The van der Waals surface area contributed by atoms with Crippen LogP contribution in [0.4, 0.5) is 5.69 Å². The van der Waals surface area contributed by atoms with Crippen LogP contribution in [0.5, 0.6) is 0 Å². The molecule has 116 valence electrons. The number of aromatic nitrogens is 1. The van der Waals surface area contributed by atoms with E-state index in [2.05, 4.69) is 59.3 Å². The van der Waals surface area contributed by atoms with Gasteiger partial charge in [0.05, 0.1) is 11.6 Å². The van der Waals surface area contributed by atoms with E-state index in [0.29, 0.717) is 0 Å². The third kappa shape index (κ3) is 2.68. The molecule has 2 heterocycles. The van der Waals surface area contributed by atoms with Crippen molar-refractivity contribution in [3.63, 3.8) is 0 Å². The zero-order valence-electron chi connectivity index (χ0n) is 13.2. The summed E-state index contributed by atoms with van der Waals surface area (Å²) in [6, 6.07) is 17.1. The lowest BCUT2D eigenvalue weighted by molar-refractivity contribution is 0.198. The van der Waals surface area contributed by atoms with Gasteiger partial charge in [-0.15, -0.1) is 0 Å². The van der Waals surface area contributed by atoms with E-state index in [0.717, 1.165) is 25.0 Å². The lowest BCUT2D eigenvalue weighted by atomic mass is 10.0. The minimum absolute atomic E-state index is 0.189. The summed E-state index contributed by atoms with van der Waals surface area (Å²) in [6.45, 7) is 3.79. The van der Waals surface area contributed by atoms with Crippen molar-refractivity contribution in [3.8, 4) is 11.1 Å². The maximum absolute atomic E-state index is 9.67. The first-order chi connectivity index (χ1) is 11.2. The summed E-state index contributed by atoms with van der Waals surface area (Å²) < 4.78 is 0. The number of β-amino-alcohol motifs (C(OH)–C–C–N with tert-alkyl or cyclic N) is 1. The molecule has 0 aliphatic carbocycles. The number of fused-ring (bicyclic) bond motifs is 1. The standard InChI is InChI=1S/C20H20N2O/c1-14-8-10-21-20-7-4-16(12-19(14)20)15-2-5-17(6-3-15)22-11-9-18(23)13-22/h2-8,10,12,18,23H,9,11,13H2,1H3. The Morgan fingerprint density at radius 2 is 1.83 bits per heavy atom. The van der Waals surface area contributed by atoms with Gasteiger partial charge in [-0.1, -0.05) is 18.2 Å². The number of anilines is 1. The molecule has 1 aliphatic heterocycles. The third-order valence-corrected chi connectivity index (χ3v) is 4.69. The molecule has 1 unspecified atom stereocenters. The molecule has 2 aromatic carbocycles. The molecule has 23 heavy (non-hydrogen) atoms. The lowest BCUT2D eigenvalue weighted by Gasteiger charge is -2.18. The Balaban J connectivity index is 1.66. The molecule has 1 saturated heterocycles. The Bertz CT molecular complexity index is 842. The topological polar surface area (TPSA) is 36.4 Å². The summed E-state index contributed by atoms with van der Waals surface area (Å²) in [5.74, 6) is 0. The first-order valence-corrected chi connectivity index (χ1v) is 8.09. The van der Waals surface area contributed by atoms with Gasteiger partial charge in [-0.2, -0.15) is 0 Å². The average Bonchev–Trinajstić information content (AvgIpc) is 3.02. The minimum Gasteiger partial charge on any atom is -0.391 e. The van der Waals surface area contributed by atoms with Crippen LogP contribution in [-0.4, -0.2) is 29.3 Å². The summed E-state index contributed by atoms with van der Waals surface area (Å²) in [5.41, 5.74) is 5.89. The Hall–Kier alpha value is -2.39. The Kier molecular flexibility index (Phi) is 3.50. The molecular formula is C20H20N2O. The normalized spacial score (nSPS) is 17.8. The van der Waals surface area contributed by atoms with Crippen molar-refractivity contribution in [3.05, 3.63) is 60.3 Å². The van der Waals surface area contributed by atoms with E-state index in [4.69, 9.17) is 0 Å². The quantitative estimate of drug-likeness (QED) is 0.782. The predicted octanol–water partition coefficient (Wildman–Crippen LogP) is 3.78. The van der Waals surface area contributed by atoms with Crippen molar-refractivity contribution >= 4 is 16.6 Å². The Labute approximate surface area is 136 Å². The summed E-state index contributed by atoms with van der Waals surface area (Å²) in [6.07, 6.45) is 2.53. The number of hydrogen-bond donors (Lipinski definition) is 1. The summed E-state index contributed by atoms with van der Waals surface area (Å²) in [7, 11) is 0. The fraction of sp³-hybridized carbons (Fsp3) is 0.250. The monoisotopic (exact) mass is 304 g/mol. The van der Waals surface area contributed by atoms with E-state index >= 15 is 0 Å². The van der Waals surface area contributed by atoms with Crippen LogP contribution in [0.1, 0.15) is 12.0 Å². The van der Waals surface area contributed by atoms with E-state index in [1.165, 1.54) is 27.8 Å². The Morgan fingerprint density at radius 3 is 2.57 bits per heavy atom. The van der Waals surface area contributed by atoms with Gasteiger partial charge in [0, 0.05) is 30.4 Å². The molecule has 1 aliphatic rings. The number of aryl methyl sites for hydroxylation is 1. The summed E-state index contributed by atoms with van der Waals surface area (Å²) >= 11 is 0. The second-order valence-electron chi connectivity index (χ2n) is 6.30. The van der Waals surface area contributed by atoms with Crippen molar-refractivity contribution in [2.45, 2.75) is 19.4 Å². The molecule has 1 N–H and O–H groups in total. The van der Waals surface area contributed by atoms with Crippen LogP contribution < -0.4 is 4.90 Å². The summed E-state index contributed by atoms with van der Waals surface area (Å²) in [5, 5.41) is 10.9. The van der Waals surface area contributed by atoms with Gasteiger partial charge in [-0.25, -0.2) is 0 Å². The second kappa shape index (κ2) is 5.67. The molecule has 1 atom stereocenters. The predicted molar refractivity (Wildman–Crippen MR) is 94.8 cm³/mol. The van der Waals surface area contributed by atoms with Gasteiger partial charge in [0.15, 0.2) is 0 Å². The number of aliphatic hydroxyl groups is 1. The van der Waals surface area contributed by atoms with Crippen LogP contribution in [0, 0.1) is 6.92 Å². The molecule has 0 radical (unpaired) electrons. The molecule has 0 amide bonds. The average molecular weight is 304 g/mol. The van der Waals surface area contributed by atoms with Crippen LogP contribution in [0.15, 0.2) is 54.7 Å². The number of benzene rings is 2. The van der Waals surface area contributed by atoms with Gasteiger partial charge in [-0.05, 0) is 60.4 Å². The molecule has 3 aromatic rings.